The predicted molar refractivity (Wildman–Crippen MR) is 95.2 cm³/mol. The van der Waals surface area contributed by atoms with E-state index in [4.69, 9.17) is 0 Å². The number of hydrogen-bond acceptors (Lipinski definition) is 0. The molecule has 4 rings (SSSR count). The maximum Gasteiger partial charge on any atom is 0.0494 e. The molecule has 2 unspecified atom stereocenters. The van der Waals surface area contributed by atoms with E-state index >= 15 is 0 Å². The van der Waals surface area contributed by atoms with E-state index in [0.717, 1.165) is 17.8 Å². The minimum atomic E-state index is 0.612. The molecular weight excluding hydrogens is 266 g/mol. The van der Waals surface area contributed by atoms with Crippen LogP contribution in [0.5, 0.6) is 0 Å². The molecule has 2 aromatic carbocycles. The van der Waals surface area contributed by atoms with Crippen LogP contribution in [-0.2, 0) is 0 Å². The maximum absolute atomic E-state index is 2.64. The molecule has 0 amide bonds. The van der Waals surface area contributed by atoms with E-state index in [1.165, 1.54) is 34.6 Å². The summed E-state index contributed by atoms with van der Waals surface area (Å²) in [5, 5.41) is 2.80. The van der Waals surface area contributed by atoms with Gasteiger partial charge in [0.15, 0.2) is 0 Å². The molecule has 0 spiro atoms. The molecule has 1 saturated carbocycles. The third-order valence-corrected chi connectivity index (χ3v) is 5.63. The second-order valence-electron chi connectivity index (χ2n) is 7.43. The Hall–Kier alpha value is -1.76. The summed E-state index contributed by atoms with van der Waals surface area (Å²) in [4.78, 5) is 0. The predicted octanol–water partition coefficient (Wildman–Crippen LogP) is 6.04. The van der Waals surface area contributed by atoms with E-state index in [0.29, 0.717) is 6.04 Å². The van der Waals surface area contributed by atoms with Crippen LogP contribution in [0.4, 0.5) is 0 Å². The Morgan fingerprint density at radius 2 is 1.18 bits per heavy atom. The minimum Gasteiger partial charge on any atom is -0.337 e. The number of fused-ring (bicyclic) bond motifs is 3. The van der Waals surface area contributed by atoms with Gasteiger partial charge in [0.2, 0.25) is 0 Å². The van der Waals surface area contributed by atoms with Gasteiger partial charge in [-0.2, -0.15) is 0 Å². The van der Waals surface area contributed by atoms with Crippen LogP contribution < -0.4 is 0 Å². The Balaban J connectivity index is 2.00. The Kier molecular flexibility index (Phi) is 3.25. The Morgan fingerprint density at radius 3 is 1.68 bits per heavy atom. The molecule has 3 aromatic rings. The molecule has 114 valence electrons. The highest BCUT2D eigenvalue weighted by Crippen LogP contribution is 2.44. The molecule has 1 aliphatic rings. The number of aromatic nitrogens is 1. The fourth-order valence-electron chi connectivity index (χ4n) is 4.99. The SMILES string of the molecule is CC1CC(C)C(n2c3ccccc3c3ccccc32)C(C)C1. The quantitative estimate of drug-likeness (QED) is 0.515. The molecule has 1 heteroatoms. The van der Waals surface area contributed by atoms with Gasteiger partial charge in [0.05, 0.1) is 0 Å². The highest BCUT2D eigenvalue weighted by Gasteiger charge is 2.34. The first-order valence-corrected chi connectivity index (χ1v) is 8.64. The smallest absolute Gasteiger partial charge is 0.0494 e. The molecule has 0 saturated heterocycles. The summed E-state index contributed by atoms with van der Waals surface area (Å²) in [6.07, 6.45) is 2.69. The molecular formula is C21H25N. The van der Waals surface area contributed by atoms with Gasteiger partial charge in [0.1, 0.15) is 0 Å². The monoisotopic (exact) mass is 291 g/mol. The van der Waals surface area contributed by atoms with Gasteiger partial charge in [-0.05, 0) is 42.7 Å². The Morgan fingerprint density at radius 1 is 0.727 bits per heavy atom. The molecule has 1 nitrogen and oxygen atoms in total. The maximum atomic E-state index is 2.64. The topological polar surface area (TPSA) is 4.93 Å². The molecule has 0 N–H and O–H groups in total. The lowest BCUT2D eigenvalue weighted by atomic mass is 9.73. The number of para-hydroxylation sites is 2. The summed E-state index contributed by atoms with van der Waals surface area (Å²) in [6, 6.07) is 18.4. The molecule has 0 bridgehead atoms. The number of hydrogen-bond donors (Lipinski definition) is 0. The first-order chi connectivity index (χ1) is 10.7. The second kappa shape index (κ2) is 5.15. The van der Waals surface area contributed by atoms with Crippen LogP contribution in [0.1, 0.15) is 39.7 Å². The lowest BCUT2D eigenvalue weighted by molar-refractivity contribution is 0.148. The van der Waals surface area contributed by atoms with Crippen molar-refractivity contribution in [3.05, 3.63) is 48.5 Å². The molecule has 1 aromatic heterocycles. The van der Waals surface area contributed by atoms with Crippen LogP contribution >= 0.6 is 0 Å². The summed E-state index contributed by atoms with van der Waals surface area (Å²) in [5.74, 6) is 2.32. The van der Waals surface area contributed by atoms with Crippen LogP contribution in [0.2, 0.25) is 0 Å². The van der Waals surface area contributed by atoms with Crippen molar-refractivity contribution in [2.75, 3.05) is 0 Å². The van der Waals surface area contributed by atoms with E-state index in [-0.39, 0.29) is 0 Å². The number of benzene rings is 2. The standard InChI is InChI=1S/C21H25N/c1-14-12-15(2)21(16(3)13-14)22-19-10-6-4-8-17(19)18-9-5-7-11-20(18)22/h4-11,14-16,21H,12-13H2,1-3H3. The lowest BCUT2D eigenvalue weighted by Gasteiger charge is -2.39. The summed E-state index contributed by atoms with van der Waals surface area (Å²) in [6.45, 7) is 7.30. The van der Waals surface area contributed by atoms with Crippen molar-refractivity contribution >= 4 is 21.8 Å². The van der Waals surface area contributed by atoms with Crippen molar-refractivity contribution in [2.45, 2.75) is 39.7 Å². The summed E-state index contributed by atoms with van der Waals surface area (Å²) < 4.78 is 2.64. The van der Waals surface area contributed by atoms with Crippen LogP contribution in [0.25, 0.3) is 21.8 Å². The average Bonchev–Trinajstić information content (AvgIpc) is 2.82. The third-order valence-electron chi connectivity index (χ3n) is 5.63. The molecule has 1 heterocycles. The highest BCUT2D eigenvalue weighted by atomic mass is 15.0. The lowest BCUT2D eigenvalue weighted by Crippen LogP contribution is -2.31. The first-order valence-electron chi connectivity index (χ1n) is 8.64. The molecule has 1 aliphatic carbocycles. The average molecular weight is 291 g/mol. The van der Waals surface area contributed by atoms with Crippen LogP contribution in [0.3, 0.4) is 0 Å². The second-order valence-corrected chi connectivity index (χ2v) is 7.43. The van der Waals surface area contributed by atoms with Gasteiger partial charge in [0, 0.05) is 27.8 Å². The molecule has 2 atom stereocenters. The molecule has 0 radical (unpaired) electrons. The van der Waals surface area contributed by atoms with Gasteiger partial charge >= 0.3 is 0 Å². The van der Waals surface area contributed by atoms with Gasteiger partial charge in [-0.25, -0.2) is 0 Å². The van der Waals surface area contributed by atoms with Crippen molar-refractivity contribution in [1.82, 2.24) is 4.57 Å². The molecule has 1 fully saturated rings. The van der Waals surface area contributed by atoms with Crippen LogP contribution in [-0.4, -0.2) is 4.57 Å². The van der Waals surface area contributed by atoms with Crippen molar-refractivity contribution in [2.24, 2.45) is 17.8 Å². The van der Waals surface area contributed by atoms with Crippen molar-refractivity contribution in [3.8, 4) is 0 Å². The fourth-order valence-corrected chi connectivity index (χ4v) is 4.99. The van der Waals surface area contributed by atoms with Crippen molar-refractivity contribution < 1.29 is 0 Å². The van der Waals surface area contributed by atoms with Gasteiger partial charge in [-0.3, -0.25) is 0 Å². The van der Waals surface area contributed by atoms with Crippen molar-refractivity contribution in [1.29, 1.82) is 0 Å². The largest absolute Gasteiger partial charge is 0.337 e. The van der Waals surface area contributed by atoms with Gasteiger partial charge in [0.25, 0.3) is 0 Å². The van der Waals surface area contributed by atoms with Gasteiger partial charge in [-0.1, -0.05) is 57.2 Å². The number of rotatable bonds is 1. The van der Waals surface area contributed by atoms with E-state index in [1.54, 1.807) is 0 Å². The minimum absolute atomic E-state index is 0.612. The van der Waals surface area contributed by atoms with Crippen LogP contribution in [0.15, 0.2) is 48.5 Å². The normalized spacial score (nSPS) is 29.2. The van der Waals surface area contributed by atoms with Gasteiger partial charge < -0.3 is 4.57 Å². The summed E-state index contributed by atoms with van der Waals surface area (Å²) in [7, 11) is 0. The first kappa shape index (κ1) is 13.9. The zero-order chi connectivity index (χ0) is 15.3. The Bertz CT molecular complexity index is 748. The number of nitrogens with zero attached hydrogens (tertiary/aromatic N) is 1. The summed E-state index contributed by atoms with van der Waals surface area (Å²) >= 11 is 0. The van der Waals surface area contributed by atoms with Crippen molar-refractivity contribution in [3.63, 3.8) is 0 Å². The van der Waals surface area contributed by atoms with Crippen LogP contribution in [0, 0.1) is 17.8 Å². The van der Waals surface area contributed by atoms with E-state index < -0.39 is 0 Å². The molecule has 22 heavy (non-hydrogen) atoms. The summed E-state index contributed by atoms with van der Waals surface area (Å²) in [5.41, 5.74) is 2.81. The van der Waals surface area contributed by atoms with E-state index in [1.807, 2.05) is 0 Å². The highest BCUT2D eigenvalue weighted by molar-refractivity contribution is 6.08. The third kappa shape index (κ3) is 1.99. The van der Waals surface area contributed by atoms with E-state index in [9.17, 15) is 0 Å². The zero-order valence-corrected chi connectivity index (χ0v) is 13.8. The molecule has 0 aliphatic heterocycles. The zero-order valence-electron chi connectivity index (χ0n) is 13.8. The van der Waals surface area contributed by atoms with E-state index in [2.05, 4.69) is 73.9 Å². The fraction of sp³-hybridized carbons (Fsp3) is 0.429. The Labute approximate surface area is 132 Å². The van der Waals surface area contributed by atoms with Gasteiger partial charge in [-0.15, -0.1) is 0 Å².